The summed E-state index contributed by atoms with van der Waals surface area (Å²) in [6, 6.07) is 10.6. The number of carbonyl (C=O) groups excluding carboxylic acids is 2. The quantitative estimate of drug-likeness (QED) is 0.705. The number of anilines is 1. The second-order valence-corrected chi connectivity index (χ2v) is 7.85. The molecule has 1 heterocycles. The van der Waals surface area contributed by atoms with Gasteiger partial charge in [0, 0.05) is 37.9 Å². The molecule has 170 valence electrons. The van der Waals surface area contributed by atoms with Gasteiger partial charge in [-0.1, -0.05) is 24.3 Å². The molecular weight excluding hydrogens is 419 g/mol. The molecule has 2 amide bonds. The van der Waals surface area contributed by atoms with Gasteiger partial charge in [-0.05, 0) is 54.8 Å². The van der Waals surface area contributed by atoms with Gasteiger partial charge in [-0.3, -0.25) is 14.5 Å². The number of carbonyl (C=O) groups is 2. The summed E-state index contributed by atoms with van der Waals surface area (Å²) in [5.41, 5.74) is 2.50. The molecule has 2 aromatic rings. The molecule has 8 heteroatoms. The van der Waals surface area contributed by atoms with E-state index in [-0.39, 0.29) is 18.4 Å². The van der Waals surface area contributed by atoms with E-state index in [4.69, 9.17) is 0 Å². The maximum atomic E-state index is 12.8. The van der Waals surface area contributed by atoms with E-state index in [1.807, 2.05) is 36.9 Å². The summed E-state index contributed by atoms with van der Waals surface area (Å²) < 4.78 is 38.4. The van der Waals surface area contributed by atoms with Crippen molar-refractivity contribution in [1.82, 2.24) is 9.80 Å². The first-order valence-corrected chi connectivity index (χ1v) is 10.4. The van der Waals surface area contributed by atoms with Crippen LogP contribution in [0.1, 0.15) is 22.3 Å². The second-order valence-electron chi connectivity index (χ2n) is 7.85. The van der Waals surface area contributed by atoms with Crippen molar-refractivity contribution < 1.29 is 22.8 Å². The summed E-state index contributed by atoms with van der Waals surface area (Å²) in [5.74, 6) is -0.371. The van der Waals surface area contributed by atoms with Gasteiger partial charge in [0.05, 0.1) is 12.1 Å². The first-order chi connectivity index (χ1) is 15.1. The molecule has 32 heavy (non-hydrogen) atoms. The first kappa shape index (κ1) is 23.5. The van der Waals surface area contributed by atoms with Crippen LogP contribution in [0.4, 0.5) is 18.9 Å². The van der Waals surface area contributed by atoms with Crippen LogP contribution < -0.4 is 5.32 Å². The lowest BCUT2D eigenvalue weighted by atomic mass is 10.1. The Morgan fingerprint density at radius 2 is 1.72 bits per heavy atom. The molecule has 2 aromatic carbocycles. The van der Waals surface area contributed by atoms with Gasteiger partial charge in [0.15, 0.2) is 0 Å². The molecule has 0 unspecified atom stereocenters. The number of alkyl halides is 3. The molecule has 0 aromatic heterocycles. The monoisotopic (exact) mass is 445 g/mol. The molecule has 0 aliphatic carbocycles. The number of halogens is 3. The van der Waals surface area contributed by atoms with Crippen molar-refractivity contribution in [3.63, 3.8) is 0 Å². The highest BCUT2D eigenvalue weighted by atomic mass is 19.4. The van der Waals surface area contributed by atoms with Crippen LogP contribution in [0.2, 0.25) is 0 Å². The number of piperazine rings is 1. The predicted molar refractivity (Wildman–Crippen MR) is 118 cm³/mol. The summed E-state index contributed by atoms with van der Waals surface area (Å²) >= 11 is 0. The fourth-order valence-electron chi connectivity index (χ4n) is 3.50. The Bertz CT molecular complexity index is 1010. The number of amides is 2. The molecule has 1 N–H and O–H groups in total. The molecule has 0 bridgehead atoms. The molecule has 0 radical (unpaired) electrons. The molecular formula is C24H26F3N3O2. The Hall–Kier alpha value is -3.13. The SMILES string of the molecule is Cc1cccc(NC(=O)CN2CCN(C(=O)/C=C/c3cccc(C(F)(F)F)c3)CC2)c1C. The largest absolute Gasteiger partial charge is 0.416 e. The average molecular weight is 445 g/mol. The lowest BCUT2D eigenvalue weighted by Crippen LogP contribution is -2.50. The third kappa shape index (κ3) is 6.20. The zero-order valence-corrected chi connectivity index (χ0v) is 18.1. The van der Waals surface area contributed by atoms with Crippen LogP contribution in [0.15, 0.2) is 48.5 Å². The van der Waals surface area contributed by atoms with Crippen molar-refractivity contribution in [1.29, 1.82) is 0 Å². The van der Waals surface area contributed by atoms with Gasteiger partial charge >= 0.3 is 6.18 Å². The Balaban J connectivity index is 1.49. The van der Waals surface area contributed by atoms with E-state index in [2.05, 4.69) is 5.32 Å². The Morgan fingerprint density at radius 3 is 2.41 bits per heavy atom. The molecule has 0 saturated carbocycles. The summed E-state index contributed by atoms with van der Waals surface area (Å²) in [5, 5.41) is 2.93. The van der Waals surface area contributed by atoms with Crippen molar-refractivity contribution >= 4 is 23.6 Å². The van der Waals surface area contributed by atoms with Crippen LogP contribution in [0.3, 0.4) is 0 Å². The minimum atomic E-state index is -4.42. The normalized spacial score (nSPS) is 15.2. The highest BCUT2D eigenvalue weighted by Gasteiger charge is 2.30. The molecule has 1 fully saturated rings. The van der Waals surface area contributed by atoms with Crippen LogP contribution in [0.25, 0.3) is 6.08 Å². The van der Waals surface area contributed by atoms with Gasteiger partial charge in [-0.25, -0.2) is 0 Å². The van der Waals surface area contributed by atoms with E-state index in [0.717, 1.165) is 28.9 Å². The first-order valence-electron chi connectivity index (χ1n) is 10.4. The maximum absolute atomic E-state index is 12.8. The number of hydrogen-bond acceptors (Lipinski definition) is 3. The van der Waals surface area contributed by atoms with Crippen LogP contribution >= 0.6 is 0 Å². The van der Waals surface area contributed by atoms with Crippen LogP contribution in [-0.4, -0.2) is 54.3 Å². The number of nitrogens with one attached hydrogen (secondary N) is 1. The van der Waals surface area contributed by atoms with Gasteiger partial charge in [0.25, 0.3) is 0 Å². The highest BCUT2D eigenvalue weighted by Crippen LogP contribution is 2.29. The zero-order valence-electron chi connectivity index (χ0n) is 18.1. The van der Waals surface area contributed by atoms with Crippen molar-refractivity contribution in [2.45, 2.75) is 20.0 Å². The van der Waals surface area contributed by atoms with E-state index in [9.17, 15) is 22.8 Å². The molecule has 0 spiro atoms. The number of rotatable bonds is 5. The summed E-state index contributed by atoms with van der Waals surface area (Å²) in [6.07, 6.45) is -1.74. The summed E-state index contributed by atoms with van der Waals surface area (Å²) in [4.78, 5) is 28.4. The summed E-state index contributed by atoms with van der Waals surface area (Å²) in [6.45, 7) is 6.16. The zero-order chi connectivity index (χ0) is 23.3. The number of nitrogens with zero attached hydrogens (tertiary/aromatic N) is 2. The van der Waals surface area contributed by atoms with Crippen LogP contribution in [0.5, 0.6) is 0 Å². The van der Waals surface area contributed by atoms with E-state index < -0.39 is 11.7 Å². The van der Waals surface area contributed by atoms with E-state index >= 15 is 0 Å². The number of aryl methyl sites for hydroxylation is 1. The fraction of sp³-hybridized carbons (Fsp3) is 0.333. The predicted octanol–water partition coefficient (Wildman–Crippen LogP) is 4.12. The standard InChI is InChI=1S/C24H26F3N3O2/c1-17-5-3-8-21(18(17)2)28-22(31)16-29-11-13-30(14-12-29)23(32)10-9-19-6-4-7-20(15-19)24(25,26)27/h3-10,15H,11-14,16H2,1-2H3,(H,28,31)/b10-9+. The Labute approximate surface area is 185 Å². The van der Waals surface area contributed by atoms with E-state index in [1.165, 1.54) is 24.3 Å². The van der Waals surface area contributed by atoms with Gasteiger partial charge in [-0.15, -0.1) is 0 Å². The third-order valence-corrected chi connectivity index (χ3v) is 5.56. The minimum absolute atomic E-state index is 0.108. The lowest BCUT2D eigenvalue weighted by molar-refractivity contribution is -0.137. The van der Waals surface area contributed by atoms with Gasteiger partial charge in [-0.2, -0.15) is 13.2 Å². The molecule has 1 saturated heterocycles. The van der Waals surface area contributed by atoms with Crippen molar-refractivity contribution in [2.75, 3.05) is 38.0 Å². The number of hydrogen-bond donors (Lipinski definition) is 1. The lowest BCUT2D eigenvalue weighted by Gasteiger charge is -2.33. The van der Waals surface area contributed by atoms with Gasteiger partial charge < -0.3 is 10.2 Å². The van der Waals surface area contributed by atoms with E-state index in [0.29, 0.717) is 31.7 Å². The number of benzene rings is 2. The van der Waals surface area contributed by atoms with E-state index in [1.54, 1.807) is 4.90 Å². The molecule has 3 rings (SSSR count). The highest BCUT2D eigenvalue weighted by molar-refractivity contribution is 5.93. The van der Waals surface area contributed by atoms with Gasteiger partial charge in [0.1, 0.15) is 0 Å². The molecule has 1 aliphatic rings. The Kier molecular flexibility index (Phi) is 7.35. The minimum Gasteiger partial charge on any atom is -0.337 e. The van der Waals surface area contributed by atoms with Crippen molar-refractivity contribution in [3.05, 3.63) is 70.8 Å². The van der Waals surface area contributed by atoms with Crippen molar-refractivity contribution in [2.24, 2.45) is 0 Å². The maximum Gasteiger partial charge on any atom is 0.416 e. The Morgan fingerprint density at radius 1 is 1.03 bits per heavy atom. The summed E-state index contributed by atoms with van der Waals surface area (Å²) in [7, 11) is 0. The van der Waals surface area contributed by atoms with Crippen LogP contribution in [-0.2, 0) is 15.8 Å². The van der Waals surface area contributed by atoms with Crippen LogP contribution in [0, 0.1) is 13.8 Å². The second kappa shape index (κ2) is 9.99. The average Bonchev–Trinajstić information content (AvgIpc) is 2.75. The van der Waals surface area contributed by atoms with Crippen molar-refractivity contribution in [3.8, 4) is 0 Å². The third-order valence-electron chi connectivity index (χ3n) is 5.56. The molecule has 5 nitrogen and oxygen atoms in total. The fourth-order valence-corrected chi connectivity index (χ4v) is 3.50. The topological polar surface area (TPSA) is 52.7 Å². The smallest absolute Gasteiger partial charge is 0.337 e. The van der Waals surface area contributed by atoms with Gasteiger partial charge in [0.2, 0.25) is 11.8 Å². The molecule has 0 atom stereocenters. The molecule has 1 aliphatic heterocycles.